The second-order valence-electron chi connectivity index (χ2n) is 4.62. The molecule has 0 saturated heterocycles. The zero-order valence-electron chi connectivity index (χ0n) is 9.52. The SMILES string of the molecule is C=P(C)(C)N=P(C)(C)N=P(C)(C)N. The lowest BCUT2D eigenvalue weighted by molar-refractivity contribution is 1.68. The van der Waals surface area contributed by atoms with Gasteiger partial charge in [-0.2, -0.15) is 0 Å². The average Bonchev–Trinajstić information content (AvgIpc) is 1.43. The molecule has 0 aromatic rings. The van der Waals surface area contributed by atoms with Gasteiger partial charge in [-0.05, 0) is 47.0 Å². The fraction of sp³-hybridized carbons (Fsp3) is 0.857. The smallest absolute Gasteiger partial charge is 0.0723 e. The van der Waals surface area contributed by atoms with Crippen LogP contribution in [0.5, 0.6) is 0 Å². The molecule has 0 bridgehead atoms. The summed E-state index contributed by atoms with van der Waals surface area (Å²) in [5.41, 5.74) is 5.94. The maximum atomic E-state index is 5.94. The van der Waals surface area contributed by atoms with E-state index in [0.29, 0.717) is 0 Å². The van der Waals surface area contributed by atoms with E-state index in [4.69, 9.17) is 10.0 Å². The fourth-order valence-electron chi connectivity index (χ4n) is 1.17. The summed E-state index contributed by atoms with van der Waals surface area (Å²) in [7, 11) is -4.41. The minimum absolute atomic E-state index is 1.33. The number of hydrogen-bond donors (Lipinski definition) is 1. The molecule has 6 heteroatoms. The van der Waals surface area contributed by atoms with Crippen molar-refractivity contribution in [2.75, 3.05) is 40.0 Å². The van der Waals surface area contributed by atoms with Crippen LogP contribution in [-0.4, -0.2) is 46.3 Å². The summed E-state index contributed by atoms with van der Waals surface area (Å²) in [6, 6.07) is 0. The molecule has 0 saturated carbocycles. The monoisotopic (exact) mass is 241 g/mol. The molecule has 0 fully saturated rings. The summed E-state index contributed by atoms with van der Waals surface area (Å²) in [6.07, 6.45) is 4.07. The van der Waals surface area contributed by atoms with E-state index in [-0.39, 0.29) is 0 Å². The van der Waals surface area contributed by atoms with Crippen molar-refractivity contribution in [2.45, 2.75) is 0 Å². The van der Waals surface area contributed by atoms with Crippen LogP contribution >= 0.6 is 21.4 Å². The highest BCUT2D eigenvalue weighted by Gasteiger charge is 2.08. The summed E-state index contributed by atoms with van der Waals surface area (Å²) in [5.74, 6) is 0. The Bertz CT molecular complexity index is 317. The molecule has 0 aromatic carbocycles. The largest absolute Gasteiger partial charge is 0.297 e. The van der Waals surface area contributed by atoms with Crippen molar-refractivity contribution in [3.8, 4) is 0 Å². The second kappa shape index (κ2) is 4.07. The number of nitrogens with two attached hydrogens (primary N) is 1. The Morgan fingerprint density at radius 3 is 1.54 bits per heavy atom. The minimum Gasteiger partial charge on any atom is -0.297 e. The van der Waals surface area contributed by atoms with Gasteiger partial charge in [-0.1, -0.05) is 6.30 Å². The number of hydrogen-bond acceptors (Lipinski definition) is 1. The van der Waals surface area contributed by atoms with E-state index in [1.165, 1.54) is 0 Å². The van der Waals surface area contributed by atoms with Gasteiger partial charge in [0.25, 0.3) is 0 Å². The normalized spacial score (nSPS) is 14.1. The first-order valence-corrected chi connectivity index (χ1v) is 12.2. The molecule has 13 heavy (non-hydrogen) atoms. The van der Waals surface area contributed by atoms with Gasteiger partial charge in [0.15, 0.2) is 0 Å². The summed E-state index contributed by atoms with van der Waals surface area (Å²) >= 11 is 0. The maximum Gasteiger partial charge on any atom is 0.0723 e. The molecule has 0 aromatic heterocycles. The zero-order valence-corrected chi connectivity index (χ0v) is 12.2. The van der Waals surface area contributed by atoms with E-state index in [1.54, 1.807) is 0 Å². The molecule has 0 heterocycles. The fourth-order valence-corrected chi connectivity index (χ4v) is 10.9. The van der Waals surface area contributed by atoms with E-state index >= 15 is 0 Å². The number of nitrogens with zero attached hydrogens (tertiary/aromatic N) is 2. The van der Waals surface area contributed by atoms with Gasteiger partial charge in [-0.15, -0.1) is 0 Å². The van der Waals surface area contributed by atoms with Crippen molar-refractivity contribution in [1.82, 2.24) is 0 Å². The van der Waals surface area contributed by atoms with E-state index in [0.717, 1.165) is 0 Å². The topological polar surface area (TPSA) is 50.7 Å². The molecule has 2 N–H and O–H groups in total. The summed E-state index contributed by atoms with van der Waals surface area (Å²) in [6.45, 7) is 12.4. The van der Waals surface area contributed by atoms with Gasteiger partial charge >= 0.3 is 0 Å². The Hall–Kier alpha value is 0.720. The molecule has 0 amide bonds. The predicted octanol–water partition coefficient (Wildman–Crippen LogP) is 3.32. The maximum absolute atomic E-state index is 5.94. The molecule has 3 nitrogen and oxygen atoms in total. The molecular formula is C7H22N3P3. The highest BCUT2D eigenvalue weighted by Crippen LogP contribution is 2.59. The second-order valence-corrected chi connectivity index (χ2v) is 14.9. The molecule has 0 rings (SSSR count). The quantitative estimate of drug-likeness (QED) is 0.741. The van der Waals surface area contributed by atoms with Crippen LogP contribution in [0, 0.1) is 0 Å². The first-order valence-electron chi connectivity index (χ1n) is 4.06. The van der Waals surface area contributed by atoms with E-state index in [9.17, 15) is 0 Å². The molecule has 0 spiro atoms. The summed E-state index contributed by atoms with van der Waals surface area (Å²) < 4.78 is 9.37. The lowest BCUT2D eigenvalue weighted by atomic mass is 11.9. The number of rotatable bonds is 2. The Labute approximate surface area is 82.8 Å². The molecule has 80 valence electrons. The molecule has 0 radical (unpaired) electrons. The van der Waals surface area contributed by atoms with E-state index < -0.39 is 21.4 Å². The van der Waals surface area contributed by atoms with Gasteiger partial charge in [0.2, 0.25) is 0 Å². The molecule has 0 atom stereocenters. The van der Waals surface area contributed by atoms with Crippen LogP contribution < -0.4 is 5.50 Å². The van der Waals surface area contributed by atoms with Crippen molar-refractivity contribution in [2.24, 2.45) is 14.5 Å². The summed E-state index contributed by atoms with van der Waals surface area (Å²) in [4.78, 5) is 0. The zero-order chi connectivity index (χ0) is 10.9. The highest BCUT2D eigenvalue weighted by molar-refractivity contribution is 7.81. The van der Waals surface area contributed by atoms with Crippen molar-refractivity contribution < 1.29 is 0 Å². The van der Waals surface area contributed by atoms with Crippen molar-refractivity contribution in [1.29, 1.82) is 0 Å². The molecule has 0 unspecified atom stereocenters. The van der Waals surface area contributed by atoms with Crippen LogP contribution in [0.25, 0.3) is 0 Å². The minimum atomic E-state index is -1.55. The third-order valence-electron chi connectivity index (χ3n) is 0.910. The van der Waals surface area contributed by atoms with Crippen molar-refractivity contribution in [3.63, 3.8) is 0 Å². The van der Waals surface area contributed by atoms with Gasteiger partial charge in [0.1, 0.15) is 0 Å². The lowest BCUT2D eigenvalue weighted by Crippen LogP contribution is -1.89. The highest BCUT2D eigenvalue weighted by atomic mass is 31.2. The Morgan fingerprint density at radius 2 is 1.31 bits per heavy atom. The third kappa shape index (κ3) is 9.03. The Balaban J connectivity index is 5.25. The Kier molecular flexibility index (Phi) is 4.30. The first kappa shape index (κ1) is 13.7. The summed E-state index contributed by atoms with van der Waals surface area (Å²) in [5, 5.41) is 0. The van der Waals surface area contributed by atoms with Crippen LogP contribution in [0.2, 0.25) is 0 Å². The van der Waals surface area contributed by atoms with Crippen molar-refractivity contribution in [3.05, 3.63) is 0 Å². The van der Waals surface area contributed by atoms with Gasteiger partial charge in [-0.25, -0.2) is 4.52 Å². The van der Waals surface area contributed by atoms with Crippen LogP contribution in [0.15, 0.2) is 9.03 Å². The van der Waals surface area contributed by atoms with Crippen LogP contribution in [0.4, 0.5) is 0 Å². The van der Waals surface area contributed by atoms with Gasteiger partial charge in [-0.3, -0.25) is 10.0 Å². The van der Waals surface area contributed by atoms with E-state index in [2.05, 4.69) is 37.5 Å². The van der Waals surface area contributed by atoms with Crippen LogP contribution in [0.1, 0.15) is 0 Å². The predicted molar refractivity (Wildman–Crippen MR) is 72.5 cm³/mol. The van der Waals surface area contributed by atoms with Crippen LogP contribution in [-0.2, 0) is 0 Å². The average molecular weight is 241 g/mol. The standard InChI is InChI=1S/C7H22N3P3/c1-11(2,3)9-13(6,7)10-12(4,5)8/h1,8H2,2-7H3. The Morgan fingerprint density at radius 1 is 0.923 bits per heavy atom. The third-order valence-corrected chi connectivity index (χ3v) is 8.19. The lowest BCUT2D eigenvalue weighted by Gasteiger charge is -2.18. The van der Waals surface area contributed by atoms with Crippen molar-refractivity contribution >= 4 is 27.7 Å². The molecular weight excluding hydrogens is 219 g/mol. The van der Waals surface area contributed by atoms with Crippen LogP contribution in [0.3, 0.4) is 0 Å². The molecule has 0 aliphatic heterocycles. The van der Waals surface area contributed by atoms with E-state index in [1.807, 2.05) is 13.3 Å². The van der Waals surface area contributed by atoms with Gasteiger partial charge < -0.3 is 0 Å². The van der Waals surface area contributed by atoms with Gasteiger partial charge in [0.05, 0.1) is 7.21 Å². The molecule has 0 aliphatic rings. The first-order chi connectivity index (χ1) is 5.41. The van der Waals surface area contributed by atoms with Gasteiger partial charge in [0, 0.05) is 7.21 Å². The molecule has 0 aliphatic carbocycles.